The van der Waals surface area contributed by atoms with Crippen molar-refractivity contribution in [2.75, 3.05) is 18.1 Å². The number of amides is 2. The molecule has 262 valence electrons. The van der Waals surface area contributed by atoms with Gasteiger partial charge in [0, 0.05) is 46.1 Å². The first-order chi connectivity index (χ1) is 22.5. The van der Waals surface area contributed by atoms with Gasteiger partial charge in [0.05, 0.1) is 0 Å². The molecule has 48 heavy (non-hydrogen) atoms. The van der Waals surface area contributed by atoms with Gasteiger partial charge < -0.3 is 34.1 Å². The van der Waals surface area contributed by atoms with E-state index in [1.54, 1.807) is 6.92 Å². The molecule has 0 aliphatic carbocycles. The number of rotatable bonds is 15. The quantitative estimate of drug-likeness (QED) is 0.104. The van der Waals surface area contributed by atoms with Crippen molar-refractivity contribution in [2.45, 2.75) is 81.7 Å². The number of nitrogens with one attached hydrogen (secondary N) is 1. The van der Waals surface area contributed by atoms with Gasteiger partial charge in [-0.05, 0) is 12.5 Å². The second kappa shape index (κ2) is 16.7. The van der Waals surface area contributed by atoms with Gasteiger partial charge in [0.15, 0.2) is 22.7 Å². The molecule has 1 fully saturated rings. The third-order valence-electron chi connectivity index (χ3n) is 6.34. The van der Waals surface area contributed by atoms with Gasteiger partial charge in [-0.15, -0.1) is 22.0 Å². The zero-order valence-electron chi connectivity index (χ0n) is 26.4. The number of carbonyl (C=O) groups is 8. The van der Waals surface area contributed by atoms with E-state index in [0.717, 1.165) is 44.5 Å². The van der Waals surface area contributed by atoms with Crippen LogP contribution in [-0.2, 0) is 62.0 Å². The Labute approximate surface area is 285 Å². The molecule has 1 aromatic rings. The van der Waals surface area contributed by atoms with Gasteiger partial charge in [-0.25, -0.2) is 4.79 Å². The highest BCUT2D eigenvalue weighted by Gasteiger charge is 2.56. The summed E-state index contributed by atoms with van der Waals surface area (Å²) in [5.74, 6) is -7.82. The number of aliphatic carboxylic acids is 1. The number of aryl methyl sites for hydroxylation is 1. The van der Waals surface area contributed by atoms with Crippen LogP contribution in [0.2, 0.25) is 0 Å². The van der Waals surface area contributed by atoms with Crippen LogP contribution >= 0.6 is 34.9 Å². The summed E-state index contributed by atoms with van der Waals surface area (Å²) >= 11 is 3.76. The second-order valence-electron chi connectivity index (χ2n) is 10.2. The van der Waals surface area contributed by atoms with Crippen LogP contribution in [0.1, 0.15) is 39.6 Å². The van der Waals surface area contributed by atoms with E-state index >= 15 is 0 Å². The summed E-state index contributed by atoms with van der Waals surface area (Å²) in [6.07, 6.45) is -7.65. The molecule has 1 saturated heterocycles. The van der Waals surface area contributed by atoms with Gasteiger partial charge in [0.25, 0.3) is 11.8 Å². The van der Waals surface area contributed by atoms with Gasteiger partial charge in [-0.2, -0.15) is 0 Å². The first-order valence-corrected chi connectivity index (χ1v) is 16.8. The van der Waals surface area contributed by atoms with Gasteiger partial charge in [-0.3, -0.25) is 38.5 Å². The highest BCUT2D eigenvalue weighted by molar-refractivity contribution is 8.01. The number of carboxylic acids is 1. The lowest BCUT2D eigenvalue weighted by Crippen LogP contribution is -2.72. The topological polar surface area (TPSA) is 244 Å². The predicted molar refractivity (Wildman–Crippen MR) is 164 cm³/mol. The van der Waals surface area contributed by atoms with E-state index in [0.29, 0.717) is 9.91 Å². The van der Waals surface area contributed by atoms with E-state index < -0.39 is 90.1 Å². The van der Waals surface area contributed by atoms with Gasteiger partial charge in [-0.1, -0.05) is 23.1 Å². The maximum absolute atomic E-state index is 13.7. The lowest BCUT2D eigenvalue weighted by Gasteiger charge is -2.49. The molecular weight excluding hydrogens is 701 g/mol. The molecule has 6 unspecified atom stereocenters. The third kappa shape index (κ3) is 9.89. The molecular formula is C27H32N4O14S3. The molecule has 2 N–H and O–H groups in total. The summed E-state index contributed by atoms with van der Waals surface area (Å²) in [6.45, 7) is 5.88. The normalized spacial score (nSPS) is 19.4. The van der Waals surface area contributed by atoms with Gasteiger partial charge in [0.1, 0.15) is 28.7 Å². The molecule has 2 aliphatic rings. The molecule has 2 aliphatic heterocycles. The first kappa shape index (κ1) is 38.2. The molecule has 18 nitrogen and oxygen atoms in total. The van der Waals surface area contributed by atoms with Gasteiger partial charge >= 0.3 is 35.8 Å². The van der Waals surface area contributed by atoms with Crippen LogP contribution in [0.4, 0.5) is 0 Å². The van der Waals surface area contributed by atoms with Crippen LogP contribution in [0.15, 0.2) is 15.6 Å². The largest absolute Gasteiger partial charge is 0.477 e. The van der Waals surface area contributed by atoms with Crippen molar-refractivity contribution in [3.63, 3.8) is 0 Å². The minimum atomic E-state index is -2.11. The lowest BCUT2D eigenvalue weighted by molar-refractivity contribution is -0.203. The number of carbonyl (C=O) groups excluding carboxylic acids is 7. The fourth-order valence-electron chi connectivity index (χ4n) is 4.61. The molecule has 2 amide bonds. The average Bonchev–Trinajstić information content (AvgIpc) is 3.40. The summed E-state index contributed by atoms with van der Waals surface area (Å²) < 4.78 is 26.4. The Balaban J connectivity index is 1.92. The molecule has 0 spiro atoms. The number of fused-ring (bicyclic) bond motifs is 1. The summed E-state index contributed by atoms with van der Waals surface area (Å²) in [6, 6.07) is -1.31. The van der Waals surface area contributed by atoms with E-state index in [2.05, 4.69) is 15.5 Å². The smallest absolute Gasteiger partial charge is 0.352 e. The number of thioether (sulfide) groups is 2. The van der Waals surface area contributed by atoms with Crippen LogP contribution in [0, 0.1) is 6.92 Å². The number of hydrogen-bond donors (Lipinski definition) is 2. The number of β-lactam (4-membered cyclic amide) rings is 1. The Bertz CT molecular complexity index is 1510. The third-order valence-corrected chi connectivity index (χ3v) is 9.74. The number of hydrogen-bond acceptors (Lipinski definition) is 18. The summed E-state index contributed by atoms with van der Waals surface area (Å²) in [5, 5.41) is 20.2. The number of nitrogens with zero attached hydrogens (tertiary/aromatic N) is 3. The lowest BCUT2D eigenvalue weighted by atomic mass is 9.99. The number of aromatic nitrogens is 2. The molecule has 0 radical (unpaired) electrons. The maximum atomic E-state index is 13.7. The minimum Gasteiger partial charge on any atom is -0.477 e. The minimum absolute atomic E-state index is 0.186. The van der Waals surface area contributed by atoms with Crippen molar-refractivity contribution in [1.82, 2.24) is 20.4 Å². The molecule has 3 rings (SSSR count). The van der Waals surface area contributed by atoms with E-state index in [9.17, 15) is 43.5 Å². The molecule has 0 saturated carbocycles. The monoisotopic (exact) mass is 732 g/mol. The van der Waals surface area contributed by atoms with Crippen LogP contribution in [0.25, 0.3) is 0 Å². The van der Waals surface area contributed by atoms with E-state index in [-0.39, 0.29) is 17.2 Å². The molecule has 0 aromatic carbocycles. The van der Waals surface area contributed by atoms with E-state index in [4.69, 9.17) is 23.7 Å². The fraction of sp³-hybridized carbons (Fsp3) is 0.556. The Hall–Kier alpha value is -4.24. The first-order valence-electron chi connectivity index (χ1n) is 14.0. The van der Waals surface area contributed by atoms with Crippen molar-refractivity contribution in [2.24, 2.45) is 0 Å². The zero-order valence-corrected chi connectivity index (χ0v) is 28.9. The molecule has 1 aromatic heterocycles. The molecule has 6 atom stereocenters. The van der Waals surface area contributed by atoms with Crippen LogP contribution in [-0.4, -0.2) is 122 Å². The summed E-state index contributed by atoms with van der Waals surface area (Å²) in [5.41, 5.74) is 0.197. The molecule has 0 bridgehead atoms. The standard InChI is InChI=1S/C27H32N4O14S3/c1-10-29-30-27(48-10)47-9-16-8-46-25-18(24(38)31(25)19(16)26(39)40)28-23(37)22(45-15(6)36)21(44-14(5)35)20(43-13(4)34)17(42-12(3)33)7-41-11(2)32/h17-18,20-22,25H,7-9H2,1-6H3,(H,28,37)(H,39,40). The SMILES string of the molecule is CC(=O)OCC(OC(C)=O)C(OC(C)=O)C(OC(C)=O)C(OC(C)=O)C(=O)NC1C(=O)N2C(C(=O)O)=C(CSc3nnc(C)s3)CSC12. The number of ether oxygens (including phenoxy) is 5. The highest BCUT2D eigenvalue weighted by Crippen LogP contribution is 2.42. The van der Waals surface area contributed by atoms with Crippen molar-refractivity contribution in [3.05, 3.63) is 16.3 Å². The highest BCUT2D eigenvalue weighted by atomic mass is 32.2. The predicted octanol–water partition coefficient (Wildman–Crippen LogP) is -0.0329. The van der Waals surface area contributed by atoms with Crippen molar-refractivity contribution < 1.29 is 67.1 Å². The summed E-state index contributed by atoms with van der Waals surface area (Å²) in [7, 11) is 0. The maximum Gasteiger partial charge on any atom is 0.352 e. The van der Waals surface area contributed by atoms with Crippen molar-refractivity contribution in [1.29, 1.82) is 0 Å². The fourth-order valence-corrected chi connectivity index (χ4v) is 7.91. The van der Waals surface area contributed by atoms with Crippen LogP contribution in [0.5, 0.6) is 0 Å². The molecule has 3 heterocycles. The van der Waals surface area contributed by atoms with Crippen LogP contribution < -0.4 is 5.32 Å². The zero-order chi connectivity index (χ0) is 35.9. The van der Waals surface area contributed by atoms with Crippen LogP contribution in [0.3, 0.4) is 0 Å². The Morgan fingerprint density at radius 2 is 1.52 bits per heavy atom. The molecule has 21 heteroatoms. The van der Waals surface area contributed by atoms with E-state index in [1.807, 2.05) is 0 Å². The Kier molecular flexibility index (Phi) is 13.3. The van der Waals surface area contributed by atoms with E-state index in [1.165, 1.54) is 34.9 Å². The second-order valence-corrected chi connectivity index (χ2v) is 13.7. The van der Waals surface area contributed by atoms with Crippen molar-refractivity contribution >= 4 is 82.5 Å². The Morgan fingerprint density at radius 1 is 0.917 bits per heavy atom. The number of esters is 5. The number of carboxylic acid groups (broad SMARTS) is 1. The summed E-state index contributed by atoms with van der Waals surface area (Å²) in [4.78, 5) is 100. The Morgan fingerprint density at radius 3 is 2.04 bits per heavy atom. The van der Waals surface area contributed by atoms with Gasteiger partial charge in [0.2, 0.25) is 6.10 Å². The average molecular weight is 733 g/mol. The van der Waals surface area contributed by atoms with Crippen molar-refractivity contribution in [3.8, 4) is 0 Å².